The average Bonchev–Trinajstić information content (AvgIpc) is 3.08. The molecule has 1 aliphatic carbocycles. The van der Waals surface area contributed by atoms with Gasteiger partial charge in [0.1, 0.15) is 5.82 Å². The molecule has 30 heavy (non-hydrogen) atoms. The molecule has 2 aromatic rings. The molecule has 1 unspecified atom stereocenters. The Morgan fingerprint density at radius 2 is 2.03 bits per heavy atom. The number of nitrogens with zero attached hydrogens (tertiary/aromatic N) is 3. The van der Waals surface area contributed by atoms with Gasteiger partial charge in [-0.3, -0.25) is 4.79 Å². The van der Waals surface area contributed by atoms with Crippen LogP contribution in [-0.2, 0) is 23.8 Å². The first-order valence-electron chi connectivity index (χ1n) is 9.98. The zero-order chi connectivity index (χ0) is 21.5. The molecule has 1 aliphatic heterocycles. The number of carbonyl (C=O) groups excluding carboxylic acids is 1. The Morgan fingerprint density at radius 1 is 1.30 bits per heavy atom. The van der Waals surface area contributed by atoms with Crippen molar-refractivity contribution in [2.24, 2.45) is 11.8 Å². The van der Waals surface area contributed by atoms with Gasteiger partial charge < -0.3 is 10.2 Å². The van der Waals surface area contributed by atoms with Crippen LogP contribution in [0, 0.1) is 11.8 Å². The number of alkyl halides is 3. The number of pyridine rings is 1. The molecule has 10 heteroatoms. The van der Waals surface area contributed by atoms with Crippen molar-refractivity contribution in [3.63, 3.8) is 0 Å². The second-order valence-corrected chi connectivity index (χ2v) is 9.51. The molecule has 3 heterocycles. The number of thiazole rings is 1. The Balaban J connectivity index is 1.35. The first-order valence-corrected chi connectivity index (χ1v) is 11.2. The van der Waals surface area contributed by atoms with Crippen molar-refractivity contribution in [3.05, 3.63) is 33.4 Å². The minimum atomic E-state index is -4.48. The van der Waals surface area contributed by atoms with E-state index in [9.17, 15) is 18.0 Å². The number of fused-ring (bicyclic) bond motifs is 1. The molecule has 1 atom stereocenters. The molecule has 1 fully saturated rings. The molecule has 0 bridgehead atoms. The summed E-state index contributed by atoms with van der Waals surface area (Å²) in [7, 11) is 0. The Labute approximate surface area is 181 Å². The number of halogens is 4. The number of hydrogen-bond donors (Lipinski definition) is 1. The van der Waals surface area contributed by atoms with Gasteiger partial charge in [-0.1, -0.05) is 18.5 Å². The summed E-state index contributed by atoms with van der Waals surface area (Å²) in [6.07, 6.45) is 0.575. The number of aryl methyl sites for hydroxylation is 1. The molecule has 0 radical (unpaired) electrons. The molecule has 1 N–H and O–H groups in total. The molecular weight excluding hydrogens is 437 g/mol. The van der Waals surface area contributed by atoms with Gasteiger partial charge >= 0.3 is 6.18 Å². The van der Waals surface area contributed by atoms with Crippen LogP contribution < -0.4 is 10.2 Å². The minimum absolute atomic E-state index is 0.0321. The summed E-state index contributed by atoms with van der Waals surface area (Å²) in [5.41, 5.74) is 0.234. The fourth-order valence-electron chi connectivity index (χ4n) is 3.97. The molecule has 0 aromatic carbocycles. The van der Waals surface area contributed by atoms with E-state index in [2.05, 4.69) is 22.2 Å². The minimum Gasteiger partial charge on any atom is -0.355 e. The summed E-state index contributed by atoms with van der Waals surface area (Å²) in [6.45, 7) is 3.23. The van der Waals surface area contributed by atoms with E-state index in [1.165, 1.54) is 4.88 Å². The van der Waals surface area contributed by atoms with Gasteiger partial charge in [-0.2, -0.15) is 13.2 Å². The summed E-state index contributed by atoms with van der Waals surface area (Å²) in [6, 6.07) is 0.897. The average molecular weight is 459 g/mol. The van der Waals surface area contributed by atoms with Gasteiger partial charge in [-0.25, -0.2) is 9.97 Å². The van der Waals surface area contributed by atoms with Crippen molar-refractivity contribution < 1.29 is 18.0 Å². The van der Waals surface area contributed by atoms with Crippen LogP contribution in [0.4, 0.5) is 24.1 Å². The fourth-order valence-corrected chi connectivity index (χ4v) is 5.43. The maximum atomic E-state index is 12.8. The van der Waals surface area contributed by atoms with E-state index in [1.807, 2.05) is 4.90 Å². The first-order chi connectivity index (χ1) is 14.2. The smallest absolute Gasteiger partial charge is 0.355 e. The van der Waals surface area contributed by atoms with E-state index in [0.29, 0.717) is 42.8 Å². The Kier molecular flexibility index (Phi) is 5.94. The Hall–Kier alpha value is -1.87. The van der Waals surface area contributed by atoms with Crippen LogP contribution in [0.1, 0.15) is 42.3 Å². The van der Waals surface area contributed by atoms with Gasteiger partial charge in [-0.15, -0.1) is 11.3 Å². The number of nitrogens with one attached hydrogen (secondary N) is 1. The summed E-state index contributed by atoms with van der Waals surface area (Å²) in [5, 5.41) is 3.59. The largest absolute Gasteiger partial charge is 0.417 e. The van der Waals surface area contributed by atoms with Crippen molar-refractivity contribution >= 4 is 39.8 Å². The number of piperidine rings is 1. The maximum Gasteiger partial charge on any atom is 0.417 e. The molecule has 4 rings (SSSR count). The van der Waals surface area contributed by atoms with Crippen molar-refractivity contribution in [1.29, 1.82) is 0 Å². The van der Waals surface area contributed by atoms with Crippen LogP contribution in [0.2, 0.25) is 5.02 Å². The van der Waals surface area contributed by atoms with Gasteiger partial charge in [0.25, 0.3) is 0 Å². The third kappa shape index (κ3) is 4.56. The zero-order valence-electron chi connectivity index (χ0n) is 16.4. The molecule has 0 spiro atoms. The van der Waals surface area contributed by atoms with Crippen LogP contribution in [0.25, 0.3) is 0 Å². The van der Waals surface area contributed by atoms with Crippen molar-refractivity contribution in [2.45, 2.75) is 45.2 Å². The SMILES string of the molecule is CC1CCc2nc(NC(=O)C3CCN(c4ncc(C(F)(F)F)cc4Cl)CC3)sc2C1. The third-order valence-corrected chi connectivity index (χ3v) is 7.04. The van der Waals surface area contributed by atoms with Crippen LogP contribution in [0.15, 0.2) is 12.3 Å². The van der Waals surface area contributed by atoms with Gasteiger partial charge in [0.15, 0.2) is 5.13 Å². The molecule has 1 amide bonds. The lowest BCUT2D eigenvalue weighted by Gasteiger charge is -2.32. The predicted molar refractivity (Wildman–Crippen MR) is 111 cm³/mol. The Bertz CT molecular complexity index is 941. The standard InChI is InChI=1S/C20H22ClF3N4OS/c1-11-2-3-15-16(8-11)30-19(26-15)27-18(29)12-4-6-28(7-5-12)17-14(21)9-13(10-25-17)20(22,23)24/h9-12H,2-8H2,1H3,(H,26,27,29). The molecule has 2 aliphatic rings. The highest BCUT2D eigenvalue weighted by Crippen LogP contribution is 2.35. The van der Waals surface area contributed by atoms with Gasteiger partial charge in [0, 0.05) is 30.1 Å². The van der Waals surface area contributed by atoms with Gasteiger partial charge in [-0.05, 0) is 44.1 Å². The molecule has 2 aromatic heterocycles. The van der Waals surface area contributed by atoms with Gasteiger partial charge in [0.05, 0.1) is 16.3 Å². The van der Waals surface area contributed by atoms with E-state index >= 15 is 0 Å². The predicted octanol–water partition coefficient (Wildman–Crippen LogP) is 5.19. The molecule has 162 valence electrons. The highest BCUT2D eigenvalue weighted by Gasteiger charge is 2.33. The second kappa shape index (κ2) is 8.34. The number of anilines is 2. The number of aromatic nitrogens is 2. The first kappa shape index (κ1) is 21.4. The van der Waals surface area contributed by atoms with Crippen LogP contribution in [-0.4, -0.2) is 29.0 Å². The number of rotatable bonds is 3. The van der Waals surface area contributed by atoms with Crippen molar-refractivity contribution in [1.82, 2.24) is 9.97 Å². The lowest BCUT2D eigenvalue weighted by Crippen LogP contribution is -2.38. The van der Waals surface area contributed by atoms with E-state index in [4.69, 9.17) is 11.6 Å². The van der Waals surface area contributed by atoms with E-state index in [1.54, 1.807) is 11.3 Å². The van der Waals surface area contributed by atoms with E-state index in [0.717, 1.165) is 37.2 Å². The third-order valence-electron chi connectivity index (χ3n) is 5.73. The summed E-state index contributed by atoms with van der Waals surface area (Å²) in [5.74, 6) is 0.747. The van der Waals surface area contributed by atoms with E-state index in [-0.39, 0.29) is 16.8 Å². The second-order valence-electron chi connectivity index (χ2n) is 8.01. The number of hydrogen-bond acceptors (Lipinski definition) is 5. The number of carbonyl (C=O) groups is 1. The topological polar surface area (TPSA) is 58.1 Å². The number of amides is 1. The summed E-state index contributed by atoms with van der Waals surface area (Å²) in [4.78, 5) is 24.3. The van der Waals surface area contributed by atoms with Crippen LogP contribution in [0.5, 0.6) is 0 Å². The van der Waals surface area contributed by atoms with Crippen molar-refractivity contribution in [2.75, 3.05) is 23.3 Å². The summed E-state index contributed by atoms with van der Waals surface area (Å²) < 4.78 is 38.4. The maximum absolute atomic E-state index is 12.8. The lowest BCUT2D eigenvalue weighted by atomic mass is 9.93. The molecular formula is C20H22ClF3N4OS. The fraction of sp³-hybridized carbons (Fsp3) is 0.550. The Morgan fingerprint density at radius 3 is 2.70 bits per heavy atom. The highest BCUT2D eigenvalue weighted by atomic mass is 35.5. The lowest BCUT2D eigenvalue weighted by molar-refractivity contribution is -0.137. The quantitative estimate of drug-likeness (QED) is 0.687. The van der Waals surface area contributed by atoms with Crippen LogP contribution >= 0.6 is 22.9 Å². The summed E-state index contributed by atoms with van der Waals surface area (Å²) >= 11 is 7.61. The molecule has 1 saturated heterocycles. The normalized spacial score (nSPS) is 20.2. The van der Waals surface area contributed by atoms with E-state index < -0.39 is 11.7 Å². The van der Waals surface area contributed by atoms with Crippen LogP contribution in [0.3, 0.4) is 0 Å². The van der Waals surface area contributed by atoms with Gasteiger partial charge in [0.2, 0.25) is 5.91 Å². The zero-order valence-corrected chi connectivity index (χ0v) is 18.0. The van der Waals surface area contributed by atoms with Crippen molar-refractivity contribution in [3.8, 4) is 0 Å². The molecule has 0 saturated carbocycles. The monoisotopic (exact) mass is 458 g/mol. The highest BCUT2D eigenvalue weighted by molar-refractivity contribution is 7.15. The molecule has 5 nitrogen and oxygen atoms in total.